The van der Waals surface area contributed by atoms with Gasteiger partial charge < -0.3 is 10.6 Å². The van der Waals surface area contributed by atoms with E-state index in [4.69, 9.17) is 0 Å². The van der Waals surface area contributed by atoms with Crippen molar-refractivity contribution in [3.05, 3.63) is 29.3 Å². The summed E-state index contributed by atoms with van der Waals surface area (Å²) in [5.74, 6) is 0.0459. The topological polar surface area (TPSA) is 41.1 Å². The van der Waals surface area contributed by atoms with Crippen LogP contribution >= 0.6 is 0 Å². The van der Waals surface area contributed by atoms with Gasteiger partial charge in [0.1, 0.15) is 0 Å². The molecule has 98 valence electrons. The third kappa shape index (κ3) is 2.35. The largest absolute Gasteiger partial charge is 0.387 e. The van der Waals surface area contributed by atoms with Crippen LogP contribution in [0.25, 0.3) is 0 Å². The van der Waals surface area contributed by atoms with Crippen molar-refractivity contribution < 1.29 is 4.79 Å². The molecule has 1 aliphatic carbocycles. The second kappa shape index (κ2) is 5.01. The summed E-state index contributed by atoms with van der Waals surface area (Å²) in [4.78, 5) is 12.4. The molecule has 3 nitrogen and oxygen atoms in total. The molecule has 0 bridgehead atoms. The maximum absolute atomic E-state index is 12.4. The molecule has 1 aromatic carbocycles. The number of hydrogen-bond donors (Lipinski definition) is 2. The van der Waals surface area contributed by atoms with Gasteiger partial charge >= 0.3 is 0 Å². The lowest BCUT2D eigenvalue weighted by molar-refractivity contribution is 0.0821. The molecule has 0 aliphatic heterocycles. The summed E-state index contributed by atoms with van der Waals surface area (Å²) in [5, 5.41) is 6.30. The molecule has 1 saturated carbocycles. The molecule has 1 amide bonds. The van der Waals surface area contributed by atoms with E-state index < -0.39 is 0 Å². The van der Waals surface area contributed by atoms with Gasteiger partial charge in [0.05, 0.1) is 5.56 Å². The number of nitrogens with one attached hydrogen (secondary N) is 2. The third-order valence-corrected chi connectivity index (χ3v) is 4.06. The van der Waals surface area contributed by atoms with Crippen LogP contribution in [-0.4, -0.2) is 18.5 Å². The van der Waals surface area contributed by atoms with E-state index in [1.807, 2.05) is 32.2 Å². The minimum atomic E-state index is 0.0459. The molecule has 0 aromatic heterocycles. The molecule has 0 atom stereocenters. The second-order valence-corrected chi connectivity index (χ2v) is 5.24. The molecule has 3 heteroatoms. The second-order valence-electron chi connectivity index (χ2n) is 5.24. The van der Waals surface area contributed by atoms with Crippen LogP contribution in [0, 0.1) is 6.92 Å². The minimum Gasteiger partial charge on any atom is -0.387 e. The Kier molecular flexibility index (Phi) is 3.60. The maximum Gasteiger partial charge on any atom is 0.253 e. The van der Waals surface area contributed by atoms with Crippen LogP contribution in [-0.2, 0) is 0 Å². The Bertz CT molecular complexity index is 444. The normalized spacial score (nSPS) is 16.8. The average Bonchev–Trinajstić information content (AvgIpc) is 2.33. The lowest BCUT2D eigenvalue weighted by Crippen LogP contribution is -2.53. The zero-order valence-corrected chi connectivity index (χ0v) is 11.5. The van der Waals surface area contributed by atoms with Gasteiger partial charge in [-0.05, 0) is 44.7 Å². The molecule has 18 heavy (non-hydrogen) atoms. The fraction of sp³-hybridized carbons (Fsp3) is 0.533. The van der Waals surface area contributed by atoms with Gasteiger partial charge in [-0.3, -0.25) is 4.79 Å². The van der Waals surface area contributed by atoms with Gasteiger partial charge in [-0.25, -0.2) is 0 Å². The Morgan fingerprint density at radius 2 is 2.11 bits per heavy atom. The average molecular weight is 246 g/mol. The van der Waals surface area contributed by atoms with E-state index in [1.165, 1.54) is 6.42 Å². The zero-order chi connectivity index (χ0) is 13.2. The first kappa shape index (κ1) is 12.9. The highest BCUT2D eigenvalue weighted by atomic mass is 16.1. The highest BCUT2D eigenvalue weighted by Crippen LogP contribution is 2.35. The molecule has 1 aliphatic rings. The lowest BCUT2D eigenvalue weighted by Gasteiger charge is -2.42. The molecule has 0 heterocycles. The SMILES string of the molecule is CCC1(NC(=O)c2cc(C)ccc2NC)CCC1. The number of aryl methyl sites for hydroxylation is 1. The number of benzene rings is 1. The minimum absolute atomic E-state index is 0.0459. The van der Waals surface area contributed by atoms with E-state index in [2.05, 4.69) is 17.6 Å². The molecule has 1 aromatic rings. The van der Waals surface area contributed by atoms with E-state index in [9.17, 15) is 4.79 Å². The van der Waals surface area contributed by atoms with Gasteiger partial charge in [0.15, 0.2) is 0 Å². The van der Waals surface area contributed by atoms with Crippen LogP contribution in [0.2, 0.25) is 0 Å². The third-order valence-electron chi connectivity index (χ3n) is 4.06. The van der Waals surface area contributed by atoms with Crippen LogP contribution in [0.4, 0.5) is 5.69 Å². The molecule has 0 spiro atoms. The van der Waals surface area contributed by atoms with E-state index in [-0.39, 0.29) is 11.4 Å². The van der Waals surface area contributed by atoms with Gasteiger partial charge in [0.25, 0.3) is 5.91 Å². The van der Waals surface area contributed by atoms with E-state index in [0.29, 0.717) is 0 Å². The summed E-state index contributed by atoms with van der Waals surface area (Å²) >= 11 is 0. The summed E-state index contributed by atoms with van der Waals surface area (Å²) in [6, 6.07) is 5.92. The maximum atomic E-state index is 12.4. The lowest BCUT2D eigenvalue weighted by atomic mass is 9.74. The highest BCUT2D eigenvalue weighted by Gasteiger charge is 2.36. The van der Waals surface area contributed by atoms with Crippen LogP contribution in [0.1, 0.15) is 48.5 Å². The first-order valence-corrected chi connectivity index (χ1v) is 6.71. The molecule has 0 radical (unpaired) electrons. The van der Waals surface area contributed by atoms with Crippen molar-refractivity contribution in [2.24, 2.45) is 0 Å². The van der Waals surface area contributed by atoms with Gasteiger partial charge in [-0.15, -0.1) is 0 Å². The highest BCUT2D eigenvalue weighted by molar-refractivity contribution is 6.00. The first-order valence-electron chi connectivity index (χ1n) is 6.71. The predicted octanol–water partition coefficient (Wildman–Crippen LogP) is 3.10. The standard InChI is InChI=1S/C15H22N2O/c1-4-15(8-5-9-15)17-14(18)12-10-11(2)6-7-13(12)16-3/h6-7,10,16H,4-5,8-9H2,1-3H3,(H,17,18). The summed E-state index contributed by atoms with van der Waals surface area (Å²) in [7, 11) is 1.85. The smallest absolute Gasteiger partial charge is 0.253 e. The quantitative estimate of drug-likeness (QED) is 0.857. The number of hydrogen-bond acceptors (Lipinski definition) is 2. The summed E-state index contributed by atoms with van der Waals surface area (Å²) in [5.41, 5.74) is 2.80. The van der Waals surface area contributed by atoms with Gasteiger partial charge in [0, 0.05) is 18.3 Å². The fourth-order valence-corrected chi connectivity index (χ4v) is 2.54. The summed E-state index contributed by atoms with van der Waals surface area (Å²) in [6.07, 6.45) is 4.45. The molecular weight excluding hydrogens is 224 g/mol. The van der Waals surface area contributed by atoms with Crippen molar-refractivity contribution in [1.29, 1.82) is 0 Å². The zero-order valence-electron chi connectivity index (χ0n) is 11.5. The van der Waals surface area contributed by atoms with Crippen molar-refractivity contribution in [2.45, 2.75) is 45.1 Å². The Morgan fingerprint density at radius 3 is 2.61 bits per heavy atom. The Hall–Kier alpha value is -1.51. The van der Waals surface area contributed by atoms with Crippen molar-refractivity contribution in [3.63, 3.8) is 0 Å². The van der Waals surface area contributed by atoms with Gasteiger partial charge in [0.2, 0.25) is 0 Å². The van der Waals surface area contributed by atoms with Crippen molar-refractivity contribution >= 4 is 11.6 Å². The number of carbonyl (C=O) groups is 1. The van der Waals surface area contributed by atoms with Crippen molar-refractivity contribution in [2.75, 3.05) is 12.4 Å². The molecule has 0 saturated heterocycles. The van der Waals surface area contributed by atoms with Crippen molar-refractivity contribution in [3.8, 4) is 0 Å². The first-order chi connectivity index (χ1) is 8.60. The predicted molar refractivity (Wildman–Crippen MR) is 75.1 cm³/mol. The van der Waals surface area contributed by atoms with Crippen LogP contribution in [0.3, 0.4) is 0 Å². The molecule has 0 unspecified atom stereocenters. The summed E-state index contributed by atoms with van der Waals surface area (Å²) < 4.78 is 0. The van der Waals surface area contributed by atoms with Crippen LogP contribution < -0.4 is 10.6 Å². The van der Waals surface area contributed by atoms with Gasteiger partial charge in [-0.2, -0.15) is 0 Å². The van der Waals surface area contributed by atoms with E-state index in [0.717, 1.165) is 36.1 Å². The number of carbonyl (C=O) groups excluding carboxylic acids is 1. The Balaban J connectivity index is 2.20. The number of anilines is 1. The molecule has 2 rings (SSSR count). The van der Waals surface area contributed by atoms with E-state index in [1.54, 1.807) is 0 Å². The van der Waals surface area contributed by atoms with Crippen LogP contribution in [0.5, 0.6) is 0 Å². The number of amides is 1. The monoisotopic (exact) mass is 246 g/mol. The Morgan fingerprint density at radius 1 is 1.39 bits per heavy atom. The molecule has 2 N–H and O–H groups in total. The number of rotatable bonds is 4. The van der Waals surface area contributed by atoms with Crippen LogP contribution in [0.15, 0.2) is 18.2 Å². The molecular formula is C15H22N2O. The van der Waals surface area contributed by atoms with Gasteiger partial charge in [-0.1, -0.05) is 18.6 Å². The van der Waals surface area contributed by atoms with E-state index >= 15 is 0 Å². The fourth-order valence-electron chi connectivity index (χ4n) is 2.54. The summed E-state index contributed by atoms with van der Waals surface area (Å²) in [6.45, 7) is 4.16. The molecule has 1 fully saturated rings. The Labute approximate surface area is 109 Å². The van der Waals surface area contributed by atoms with Crippen molar-refractivity contribution in [1.82, 2.24) is 5.32 Å².